The van der Waals surface area contributed by atoms with E-state index < -0.39 is 35.4 Å². The zero-order valence-corrected chi connectivity index (χ0v) is 18.1. The Bertz CT molecular complexity index is 1070. The van der Waals surface area contributed by atoms with E-state index in [9.17, 15) is 19.2 Å². The van der Waals surface area contributed by atoms with Gasteiger partial charge in [0.05, 0.1) is 23.1 Å². The highest BCUT2D eigenvalue weighted by Gasteiger charge is 2.41. The van der Waals surface area contributed by atoms with Crippen molar-refractivity contribution in [1.82, 2.24) is 10.4 Å². The lowest BCUT2D eigenvalue weighted by molar-refractivity contribution is -0.171. The quantitative estimate of drug-likeness (QED) is 0.733. The smallest absolute Gasteiger partial charge is 0.408 e. The molecule has 1 aliphatic heterocycles. The molecule has 1 N–H and O–H groups in total. The first-order valence-corrected chi connectivity index (χ1v) is 10.4. The van der Waals surface area contributed by atoms with Crippen molar-refractivity contribution in [3.8, 4) is 0 Å². The van der Waals surface area contributed by atoms with Gasteiger partial charge in [0.15, 0.2) is 0 Å². The van der Waals surface area contributed by atoms with Crippen molar-refractivity contribution in [1.29, 1.82) is 0 Å². The van der Waals surface area contributed by atoms with E-state index in [1.807, 2.05) is 12.1 Å². The van der Waals surface area contributed by atoms with E-state index in [0.29, 0.717) is 23.5 Å². The molecule has 4 rings (SSSR count). The second-order valence-corrected chi connectivity index (χ2v) is 8.82. The van der Waals surface area contributed by atoms with Crippen LogP contribution in [0.5, 0.6) is 0 Å². The first-order chi connectivity index (χ1) is 15.2. The predicted octanol–water partition coefficient (Wildman–Crippen LogP) is 3.88. The highest BCUT2D eigenvalue weighted by molar-refractivity contribution is 6.20. The molecular weight excluding hydrogens is 412 g/mol. The number of nitrogens with one attached hydrogen (secondary N) is 1. The maximum atomic E-state index is 13.0. The number of fused-ring (bicyclic) bond motifs is 2. The van der Waals surface area contributed by atoms with Crippen LogP contribution in [0.25, 0.3) is 0 Å². The molecule has 0 saturated heterocycles. The Labute approximate surface area is 185 Å². The van der Waals surface area contributed by atoms with Crippen molar-refractivity contribution in [2.45, 2.75) is 51.2 Å². The summed E-state index contributed by atoms with van der Waals surface area (Å²) < 4.78 is 5.35. The molecule has 0 spiro atoms. The van der Waals surface area contributed by atoms with Gasteiger partial charge in [0.1, 0.15) is 5.60 Å². The van der Waals surface area contributed by atoms with Crippen molar-refractivity contribution in [2.24, 2.45) is 0 Å². The van der Waals surface area contributed by atoms with Crippen LogP contribution in [-0.4, -0.2) is 34.5 Å². The van der Waals surface area contributed by atoms with Crippen molar-refractivity contribution >= 4 is 23.9 Å². The lowest BCUT2D eigenvalue weighted by Gasteiger charge is -2.32. The number of carbonyl (C=O) groups is 4. The number of hydrogen-bond donors (Lipinski definition) is 1. The molecule has 2 aliphatic rings. The van der Waals surface area contributed by atoms with Crippen molar-refractivity contribution in [3.63, 3.8) is 0 Å². The molecule has 1 heterocycles. The van der Waals surface area contributed by atoms with Crippen LogP contribution in [0.4, 0.5) is 4.79 Å². The fourth-order valence-electron chi connectivity index (χ4n) is 4.04. The Kier molecular flexibility index (Phi) is 5.46. The fraction of sp³-hybridized carbons (Fsp3) is 0.333. The summed E-state index contributed by atoms with van der Waals surface area (Å²) in [6.45, 7) is 5.35. The molecule has 2 atom stereocenters. The Morgan fingerprint density at radius 3 is 2.06 bits per heavy atom. The molecular formula is C24H24N2O6. The number of carbonyl (C=O) groups excluding carboxylic acids is 4. The van der Waals surface area contributed by atoms with E-state index >= 15 is 0 Å². The summed E-state index contributed by atoms with van der Waals surface area (Å²) in [4.78, 5) is 55.6. The number of ether oxygens (including phenoxy) is 1. The van der Waals surface area contributed by atoms with E-state index in [1.165, 1.54) is 12.1 Å². The number of amides is 3. The van der Waals surface area contributed by atoms with E-state index in [2.05, 4.69) is 5.32 Å². The molecule has 3 amide bonds. The summed E-state index contributed by atoms with van der Waals surface area (Å²) in [7, 11) is 0. The monoisotopic (exact) mass is 436 g/mol. The molecule has 2 aromatic rings. The SMILES string of the molecule is CC(C)(C)OC(=O)NC1CCC(C(=O)ON2C(=O)c3ccccc3C2=O)c2ccccc21. The van der Waals surface area contributed by atoms with Gasteiger partial charge in [0.2, 0.25) is 0 Å². The summed E-state index contributed by atoms with van der Waals surface area (Å²) in [5.41, 5.74) is 1.24. The Morgan fingerprint density at radius 2 is 1.47 bits per heavy atom. The third kappa shape index (κ3) is 4.08. The second-order valence-electron chi connectivity index (χ2n) is 8.82. The Hall–Kier alpha value is -3.68. The largest absolute Gasteiger partial charge is 0.444 e. The number of imide groups is 1. The van der Waals surface area contributed by atoms with Gasteiger partial charge in [-0.05, 0) is 56.9 Å². The summed E-state index contributed by atoms with van der Waals surface area (Å²) in [6.07, 6.45) is 0.307. The molecule has 8 heteroatoms. The molecule has 2 unspecified atom stereocenters. The first kappa shape index (κ1) is 21.5. The van der Waals surface area contributed by atoms with Crippen LogP contribution in [0.1, 0.15) is 77.4 Å². The Morgan fingerprint density at radius 1 is 0.906 bits per heavy atom. The number of hydrogen-bond acceptors (Lipinski definition) is 6. The molecule has 1 aliphatic carbocycles. The van der Waals surface area contributed by atoms with Crippen LogP contribution in [0.2, 0.25) is 0 Å². The van der Waals surface area contributed by atoms with E-state index in [0.717, 1.165) is 5.56 Å². The van der Waals surface area contributed by atoms with Gasteiger partial charge in [-0.2, -0.15) is 0 Å². The minimum absolute atomic E-state index is 0.205. The maximum absolute atomic E-state index is 13.0. The number of hydroxylamine groups is 2. The molecule has 0 bridgehead atoms. The van der Waals surface area contributed by atoms with Crippen molar-refractivity contribution in [2.75, 3.05) is 0 Å². The first-order valence-electron chi connectivity index (χ1n) is 10.4. The summed E-state index contributed by atoms with van der Waals surface area (Å²) in [5, 5.41) is 3.39. The molecule has 0 saturated carbocycles. The number of rotatable bonds is 3. The van der Waals surface area contributed by atoms with Gasteiger partial charge in [-0.1, -0.05) is 41.5 Å². The zero-order valence-electron chi connectivity index (χ0n) is 18.1. The Balaban J connectivity index is 1.51. The third-order valence-corrected chi connectivity index (χ3v) is 5.40. The van der Waals surface area contributed by atoms with Gasteiger partial charge in [-0.3, -0.25) is 9.59 Å². The average molecular weight is 436 g/mol. The highest BCUT2D eigenvalue weighted by Crippen LogP contribution is 2.39. The normalized spacial score (nSPS) is 19.8. The number of benzene rings is 2. The lowest BCUT2D eigenvalue weighted by atomic mass is 9.80. The standard InChI is InChI=1S/C24H24N2O6/c1-24(2,3)31-23(30)25-19-13-12-18(14-8-4-5-9-15(14)19)22(29)32-26-20(27)16-10-6-7-11-17(16)21(26)28/h4-11,18-19H,12-13H2,1-3H3,(H,25,30). The van der Waals surface area contributed by atoms with Gasteiger partial charge in [0, 0.05) is 0 Å². The predicted molar refractivity (Wildman–Crippen MR) is 114 cm³/mol. The molecule has 2 aromatic carbocycles. The molecule has 32 heavy (non-hydrogen) atoms. The molecule has 0 fully saturated rings. The minimum atomic E-state index is -0.692. The van der Waals surface area contributed by atoms with Gasteiger partial charge < -0.3 is 14.9 Å². The van der Waals surface area contributed by atoms with Gasteiger partial charge in [-0.25, -0.2) is 9.59 Å². The highest BCUT2D eigenvalue weighted by atomic mass is 16.7. The summed E-state index contributed by atoms with van der Waals surface area (Å²) in [6, 6.07) is 13.2. The third-order valence-electron chi connectivity index (χ3n) is 5.40. The van der Waals surface area contributed by atoms with Crippen LogP contribution in [0.15, 0.2) is 48.5 Å². The van der Waals surface area contributed by atoms with Gasteiger partial charge >= 0.3 is 12.1 Å². The lowest BCUT2D eigenvalue weighted by Crippen LogP contribution is -2.39. The van der Waals surface area contributed by atoms with Crippen molar-refractivity contribution in [3.05, 3.63) is 70.8 Å². The second kappa shape index (κ2) is 8.11. The van der Waals surface area contributed by atoms with E-state index in [-0.39, 0.29) is 17.2 Å². The van der Waals surface area contributed by atoms with Crippen LogP contribution < -0.4 is 5.32 Å². The molecule has 8 nitrogen and oxygen atoms in total. The van der Waals surface area contributed by atoms with E-state index in [4.69, 9.17) is 9.57 Å². The molecule has 0 radical (unpaired) electrons. The van der Waals surface area contributed by atoms with Crippen LogP contribution in [0, 0.1) is 0 Å². The maximum Gasteiger partial charge on any atom is 0.408 e. The minimum Gasteiger partial charge on any atom is -0.444 e. The average Bonchev–Trinajstić information content (AvgIpc) is 2.97. The van der Waals surface area contributed by atoms with Crippen LogP contribution in [-0.2, 0) is 14.4 Å². The fourth-order valence-corrected chi connectivity index (χ4v) is 4.04. The molecule has 0 aromatic heterocycles. The number of nitrogens with zero attached hydrogens (tertiary/aromatic N) is 1. The van der Waals surface area contributed by atoms with Crippen molar-refractivity contribution < 1.29 is 28.8 Å². The summed E-state index contributed by atoms with van der Waals surface area (Å²) >= 11 is 0. The van der Waals surface area contributed by atoms with Gasteiger partial charge in [-0.15, -0.1) is 0 Å². The zero-order chi connectivity index (χ0) is 23.0. The molecule has 166 valence electrons. The van der Waals surface area contributed by atoms with Gasteiger partial charge in [0.25, 0.3) is 11.8 Å². The van der Waals surface area contributed by atoms with Crippen LogP contribution in [0.3, 0.4) is 0 Å². The number of alkyl carbamates (subject to hydrolysis) is 1. The summed E-state index contributed by atoms with van der Waals surface area (Å²) in [5.74, 6) is -2.69. The topological polar surface area (TPSA) is 102 Å². The van der Waals surface area contributed by atoms with E-state index in [1.54, 1.807) is 45.0 Å². The van der Waals surface area contributed by atoms with Crippen LogP contribution >= 0.6 is 0 Å².